The maximum Gasteiger partial charge on any atom is 0.169 e. The number of hydrogen-bond donors (Lipinski definition) is 1. The number of benzene rings is 1. The third-order valence-corrected chi connectivity index (χ3v) is 5.27. The Bertz CT molecular complexity index is 531. The third kappa shape index (κ3) is 4.33. The summed E-state index contributed by atoms with van der Waals surface area (Å²) in [5.74, 6) is -0.310. The Morgan fingerprint density at radius 3 is 2.48 bits per heavy atom. The van der Waals surface area contributed by atoms with Crippen LogP contribution in [0.2, 0.25) is 0 Å². The maximum atomic E-state index is 14.5. The number of hydrogen-bond acceptors (Lipinski definition) is 2. The van der Waals surface area contributed by atoms with Crippen molar-refractivity contribution in [1.29, 1.82) is 0 Å². The van der Waals surface area contributed by atoms with E-state index in [1.54, 1.807) is 19.1 Å². The molecule has 1 fully saturated rings. The SMILES string of the molecule is CCCCCC1CCC(c2ccc(C(=O)CC)c(O)c2F)CC1. The summed E-state index contributed by atoms with van der Waals surface area (Å²) in [6, 6.07) is 3.30. The molecule has 0 aliphatic heterocycles. The minimum atomic E-state index is -0.585. The van der Waals surface area contributed by atoms with Gasteiger partial charge in [0, 0.05) is 6.42 Å². The molecule has 0 bridgehead atoms. The molecule has 1 saturated carbocycles. The fourth-order valence-electron chi connectivity index (χ4n) is 3.76. The third-order valence-electron chi connectivity index (χ3n) is 5.27. The molecule has 0 heterocycles. The van der Waals surface area contributed by atoms with Crippen LogP contribution in [0.15, 0.2) is 12.1 Å². The molecule has 23 heavy (non-hydrogen) atoms. The smallest absolute Gasteiger partial charge is 0.169 e. The van der Waals surface area contributed by atoms with Crippen molar-refractivity contribution in [2.45, 2.75) is 77.6 Å². The zero-order chi connectivity index (χ0) is 16.8. The van der Waals surface area contributed by atoms with Crippen LogP contribution in [0.3, 0.4) is 0 Å². The zero-order valence-corrected chi connectivity index (χ0v) is 14.4. The highest BCUT2D eigenvalue weighted by Gasteiger charge is 2.26. The molecule has 0 atom stereocenters. The van der Waals surface area contributed by atoms with E-state index in [0.29, 0.717) is 5.56 Å². The number of aromatic hydroxyl groups is 1. The summed E-state index contributed by atoms with van der Waals surface area (Å²) in [6.07, 6.45) is 9.66. The standard InChI is InChI=1S/C20H29FO2/c1-3-5-6-7-14-8-10-15(11-9-14)16-12-13-17(18(22)4-2)20(23)19(16)21/h12-15,23H,3-11H2,1-2H3. The highest BCUT2D eigenvalue weighted by molar-refractivity contribution is 5.98. The van der Waals surface area contributed by atoms with E-state index in [2.05, 4.69) is 6.92 Å². The Kier molecular flexibility index (Phi) is 6.61. The highest BCUT2D eigenvalue weighted by atomic mass is 19.1. The van der Waals surface area contributed by atoms with E-state index in [9.17, 15) is 14.3 Å². The molecule has 0 radical (unpaired) electrons. The second-order valence-corrected chi connectivity index (χ2v) is 6.86. The van der Waals surface area contributed by atoms with Crippen molar-refractivity contribution in [2.24, 2.45) is 5.92 Å². The topological polar surface area (TPSA) is 37.3 Å². The van der Waals surface area contributed by atoms with E-state index in [-0.39, 0.29) is 23.7 Å². The molecule has 0 spiro atoms. The van der Waals surface area contributed by atoms with Crippen molar-refractivity contribution in [3.63, 3.8) is 0 Å². The van der Waals surface area contributed by atoms with Gasteiger partial charge in [-0.05, 0) is 49.1 Å². The van der Waals surface area contributed by atoms with Gasteiger partial charge in [0.15, 0.2) is 17.3 Å². The number of carbonyl (C=O) groups is 1. The first-order chi connectivity index (χ1) is 11.1. The summed E-state index contributed by atoms with van der Waals surface area (Å²) >= 11 is 0. The molecule has 0 aromatic heterocycles. The maximum absolute atomic E-state index is 14.5. The molecule has 3 heteroatoms. The lowest BCUT2D eigenvalue weighted by Crippen LogP contribution is -2.15. The van der Waals surface area contributed by atoms with Crippen LogP contribution in [0, 0.1) is 11.7 Å². The Balaban J connectivity index is 2.01. The molecule has 2 rings (SSSR count). The number of rotatable bonds is 7. The molecule has 0 saturated heterocycles. The number of ketones is 1. The van der Waals surface area contributed by atoms with Crippen LogP contribution in [0.25, 0.3) is 0 Å². The number of phenolic OH excluding ortho intramolecular Hbond substituents is 1. The van der Waals surface area contributed by atoms with Crippen molar-refractivity contribution in [3.05, 3.63) is 29.1 Å². The minimum absolute atomic E-state index is 0.113. The molecule has 0 unspecified atom stereocenters. The Labute approximate surface area is 139 Å². The minimum Gasteiger partial charge on any atom is -0.504 e. The first kappa shape index (κ1) is 18.0. The van der Waals surface area contributed by atoms with Gasteiger partial charge >= 0.3 is 0 Å². The van der Waals surface area contributed by atoms with Gasteiger partial charge in [-0.15, -0.1) is 0 Å². The Hall–Kier alpha value is -1.38. The number of phenols is 1. The number of Topliss-reactive ketones (excluding diaryl/α,β-unsaturated/α-hetero) is 1. The second kappa shape index (κ2) is 8.47. The lowest BCUT2D eigenvalue weighted by atomic mass is 9.76. The van der Waals surface area contributed by atoms with Crippen LogP contribution in [-0.2, 0) is 0 Å². The molecule has 1 N–H and O–H groups in total. The summed E-state index contributed by atoms with van der Waals surface area (Å²) in [7, 11) is 0. The lowest BCUT2D eigenvalue weighted by Gasteiger charge is -2.29. The van der Waals surface area contributed by atoms with Crippen LogP contribution in [0.1, 0.15) is 93.5 Å². The quantitative estimate of drug-likeness (QED) is 0.496. The van der Waals surface area contributed by atoms with E-state index in [0.717, 1.165) is 31.6 Å². The van der Waals surface area contributed by atoms with Gasteiger partial charge in [-0.2, -0.15) is 0 Å². The fraction of sp³-hybridized carbons (Fsp3) is 0.650. The van der Waals surface area contributed by atoms with E-state index in [1.165, 1.54) is 25.7 Å². The molecule has 1 aliphatic rings. The van der Waals surface area contributed by atoms with Crippen LogP contribution < -0.4 is 0 Å². The average Bonchev–Trinajstić information content (AvgIpc) is 2.57. The van der Waals surface area contributed by atoms with Crippen molar-refractivity contribution < 1.29 is 14.3 Å². The predicted molar refractivity (Wildman–Crippen MR) is 91.5 cm³/mol. The summed E-state index contributed by atoms with van der Waals surface area (Å²) in [5.41, 5.74) is 0.698. The van der Waals surface area contributed by atoms with Crippen molar-refractivity contribution in [2.75, 3.05) is 0 Å². The van der Waals surface area contributed by atoms with Gasteiger partial charge in [0.05, 0.1) is 5.56 Å². The van der Waals surface area contributed by atoms with Gasteiger partial charge in [0.2, 0.25) is 0 Å². The largest absolute Gasteiger partial charge is 0.504 e. The van der Waals surface area contributed by atoms with Gasteiger partial charge in [-0.1, -0.05) is 45.6 Å². The van der Waals surface area contributed by atoms with E-state index in [1.807, 2.05) is 0 Å². The average molecular weight is 320 g/mol. The first-order valence-corrected chi connectivity index (χ1v) is 9.13. The van der Waals surface area contributed by atoms with E-state index in [4.69, 9.17) is 0 Å². The van der Waals surface area contributed by atoms with Gasteiger partial charge in [0.25, 0.3) is 0 Å². The molecule has 1 aromatic carbocycles. The molecule has 1 aromatic rings. The molecule has 2 nitrogen and oxygen atoms in total. The van der Waals surface area contributed by atoms with Gasteiger partial charge in [0.1, 0.15) is 0 Å². The monoisotopic (exact) mass is 320 g/mol. The second-order valence-electron chi connectivity index (χ2n) is 6.86. The summed E-state index contributed by atoms with van der Waals surface area (Å²) in [6.45, 7) is 3.94. The number of unbranched alkanes of at least 4 members (excludes halogenated alkanes) is 2. The Morgan fingerprint density at radius 2 is 1.87 bits per heavy atom. The first-order valence-electron chi connectivity index (χ1n) is 9.13. The van der Waals surface area contributed by atoms with Crippen molar-refractivity contribution in [3.8, 4) is 5.75 Å². The molecule has 128 valence electrons. The molecule has 0 amide bonds. The summed E-state index contributed by atoms with van der Waals surface area (Å²) < 4.78 is 14.5. The Morgan fingerprint density at radius 1 is 1.17 bits per heavy atom. The molecule has 1 aliphatic carbocycles. The summed E-state index contributed by atoms with van der Waals surface area (Å²) in [4.78, 5) is 11.7. The molecular formula is C20H29FO2. The fourth-order valence-corrected chi connectivity index (χ4v) is 3.76. The predicted octanol–water partition coefficient (Wildman–Crippen LogP) is 5.98. The van der Waals surface area contributed by atoms with Crippen LogP contribution in [0.5, 0.6) is 5.75 Å². The molecular weight excluding hydrogens is 291 g/mol. The van der Waals surface area contributed by atoms with Crippen LogP contribution >= 0.6 is 0 Å². The highest BCUT2D eigenvalue weighted by Crippen LogP contribution is 2.40. The van der Waals surface area contributed by atoms with Gasteiger partial charge in [-0.25, -0.2) is 4.39 Å². The van der Waals surface area contributed by atoms with E-state index < -0.39 is 11.6 Å². The number of carbonyl (C=O) groups excluding carboxylic acids is 1. The summed E-state index contributed by atoms with van der Waals surface area (Å²) in [5, 5.41) is 10.0. The zero-order valence-electron chi connectivity index (χ0n) is 14.4. The van der Waals surface area contributed by atoms with Crippen molar-refractivity contribution in [1.82, 2.24) is 0 Å². The normalized spacial score (nSPS) is 21.3. The number of halogens is 1. The van der Waals surface area contributed by atoms with Gasteiger partial charge in [-0.3, -0.25) is 4.79 Å². The van der Waals surface area contributed by atoms with Gasteiger partial charge < -0.3 is 5.11 Å². The van der Waals surface area contributed by atoms with E-state index >= 15 is 0 Å². The lowest BCUT2D eigenvalue weighted by molar-refractivity contribution is 0.0984. The van der Waals surface area contributed by atoms with Crippen molar-refractivity contribution >= 4 is 5.78 Å². The van der Waals surface area contributed by atoms with Crippen LogP contribution in [0.4, 0.5) is 4.39 Å². The van der Waals surface area contributed by atoms with Crippen LogP contribution in [-0.4, -0.2) is 10.9 Å².